The maximum Gasteiger partial charge on any atom is 0.129 e. The van der Waals surface area contributed by atoms with Gasteiger partial charge in [0, 0.05) is 23.4 Å². The Morgan fingerprint density at radius 1 is 0.927 bits per heavy atom. The number of hydrogen-bond acceptors (Lipinski definition) is 3. The molecule has 41 heavy (non-hydrogen) atoms. The van der Waals surface area contributed by atoms with Gasteiger partial charge in [0.2, 0.25) is 0 Å². The highest BCUT2D eigenvalue weighted by Crippen LogP contribution is 2.50. The Kier molecular flexibility index (Phi) is 6.60. The highest BCUT2D eigenvalue weighted by molar-refractivity contribution is 6.03. The molecule has 0 aromatic heterocycles. The molecule has 0 unspecified atom stereocenters. The molecule has 0 fully saturated rings. The first kappa shape index (κ1) is 25.3. The van der Waals surface area contributed by atoms with E-state index in [1.54, 1.807) is 6.07 Å². The van der Waals surface area contributed by atoms with Crippen molar-refractivity contribution in [3.8, 4) is 5.75 Å². The molecule has 0 radical (unpaired) electrons. The molecule has 0 spiro atoms. The van der Waals surface area contributed by atoms with Gasteiger partial charge in [-0.25, -0.2) is 4.39 Å². The van der Waals surface area contributed by atoms with Crippen molar-refractivity contribution in [2.24, 2.45) is 10.9 Å². The van der Waals surface area contributed by atoms with Crippen LogP contribution in [0.1, 0.15) is 46.2 Å². The van der Waals surface area contributed by atoms with E-state index < -0.39 is 0 Å². The van der Waals surface area contributed by atoms with Crippen molar-refractivity contribution in [3.63, 3.8) is 0 Å². The molecule has 5 aromatic carbocycles. The average molecular weight is 539 g/mol. The summed E-state index contributed by atoms with van der Waals surface area (Å²) in [5.74, 6) is 1.41. The molecular formula is C37H31FN2O. The molecule has 202 valence electrons. The summed E-state index contributed by atoms with van der Waals surface area (Å²) >= 11 is 0. The van der Waals surface area contributed by atoms with E-state index in [1.165, 1.54) is 34.5 Å². The fourth-order valence-electron chi connectivity index (χ4n) is 6.27. The van der Waals surface area contributed by atoms with Gasteiger partial charge in [-0.05, 0) is 83.1 Å². The first-order valence-electron chi connectivity index (χ1n) is 14.2. The molecule has 0 bridgehead atoms. The standard InChI is InChI=1S/C37H31FN2O/c1-24-12-18-35-33(20-24)31-10-5-11-32(31)37(40-35)27-13-16-29(17-14-27)39-22-34-30-9-3-2-7-26(30)15-19-36(34)41-23-25-6-4-8-28(38)21-25/h2-10,12-22,31-32,37,40H,11,23H2,1H3/t31-,32-,37+/m1/s1. The maximum atomic E-state index is 13.7. The van der Waals surface area contributed by atoms with Crippen molar-refractivity contribution < 1.29 is 9.13 Å². The van der Waals surface area contributed by atoms with Crippen molar-refractivity contribution in [1.82, 2.24) is 0 Å². The van der Waals surface area contributed by atoms with Gasteiger partial charge in [-0.2, -0.15) is 0 Å². The zero-order valence-electron chi connectivity index (χ0n) is 22.9. The first-order chi connectivity index (χ1) is 20.1. The Labute approximate surface area is 240 Å². The predicted molar refractivity (Wildman–Crippen MR) is 166 cm³/mol. The van der Waals surface area contributed by atoms with Crippen molar-refractivity contribution in [2.75, 3.05) is 5.32 Å². The third-order valence-corrected chi connectivity index (χ3v) is 8.33. The summed E-state index contributed by atoms with van der Waals surface area (Å²) in [5.41, 5.74) is 7.79. The number of halogens is 1. The number of nitrogens with zero attached hydrogens (tertiary/aromatic N) is 1. The molecule has 1 aliphatic heterocycles. The number of nitrogens with one attached hydrogen (secondary N) is 1. The maximum absolute atomic E-state index is 13.7. The Bertz CT molecular complexity index is 1790. The summed E-state index contributed by atoms with van der Waals surface area (Å²) in [5, 5.41) is 6.00. The van der Waals surface area contributed by atoms with E-state index in [-0.39, 0.29) is 18.5 Å². The summed E-state index contributed by atoms with van der Waals surface area (Å²) in [4.78, 5) is 4.86. The van der Waals surface area contributed by atoms with Gasteiger partial charge >= 0.3 is 0 Å². The lowest BCUT2D eigenvalue weighted by Crippen LogP contribution is -2.29. The van der Waals surface area contributed by atoms with E-state index in [1.807, 2.05) is 36.5 Å². The Balaban J connectivity index is 1.15. The normalized spacial score (nSPS) is 19.2. The van der Waals surface area contributed by atoms with Gasteiger partial charge in [-0.1, -0.05) is 84.4 Å². The van der Waals surface area contributed by atoms with Crippen LogP contribution in [0, 0.1) is 18.7 Å². The van der Waals surface area contributed by atoms with Gasteiger partial charge in [-0.15, -0.1) is 0 Å². The van der Waals surface area contributed by atoms with Crippen molar-refractivity contribution in [1.29, 1.82) is 0 Å². The highest BCUT2D eigenvalue weighted by atomic mass is 19.1. The van der Waals surface area contributed by atoms with Crippen LogP contribution in [0.25, 0.3) is 10.8 Å². The summed E-state index contributed by atoms with van der Waals surface area (Å²) in [6.45, 7) is 2.44. The van der Waals surface area contributed by atoms with E-state index in [4.69, 9.17) is 9.73 Å². The van der Waals surface area contributed by atoms with Crippen LogP contribution >= 0.6 is 0 Å². The predicted octanol–water partition coefficient (Wildman–Crippen LogP) is 9.44. The number of benzene rings is 5. The molecule has 0 amide bonds. The second-order valence-electron chi connectivity index (χ2n) is 11.0. The Morgan fingerprint density at radius 2 is 1.80 bits per heavy atom. The van der Waals surface area contributed by atoms with Crippen LogP contribution in [0.5, 0.6) is 5.75 Å². The summed E-state index contributed by atoms with van der Waals surface area (Å²) in [7, 11) is 0. The molecule has 1 heterocycles. The van der Waals surface area contributed by atoms with Crippen molar-refractivity contribution >= 4 is 28.4 Å². The minimum atomic E-state index is -0.266. The molecule has 1 N–H and O–H groups in total. The third kappa shape index (κ3) is 5.02. The average Bonchev–Trinajstić information content (AvgIpc) is 3.50. The zero-order chi connectivity index (χ0) is 27.8. The van der Waals surface area contributed by atoms with Crippen LogP contribution in [-0.2, 0) is 6.61 Å². The molecule has 2 aliphatic rings. The van der Waals surface area contributed by atoms with E-state index >= 15 is 0 Å². The third-order valence-electron chi connectivity index (χ3n) is 8.33. The summed E-state index contributed by atoms with van der Waals surface area (Å²) < 4.78 is 19.9. The van der Waals surface area contributed by atoms with Crippen molar-refractivity contribution in [3.05, 3.63) is 149 Å². The molecule has 5 aromatic rings. The van der Waals surface area contributed by atoms with E-state index in [2.05, 4.69) is 79.0 Å². The molecule has 0 saturated carbocycles. The minimum Gasteiger partial charge on any atom is -0.488 e. The molecule has 1 aliphatic carbocycles. The van der Waals surface area contributed by atoms with Crippen molar-refractivity contribution in [2.45, 2.75) is 31.9 Å². The number of anilines is 1. The van der Waals surface area contributed by atoms with E-state index in [0.717, 1.165) is 34.0 Å². The summed E-state index contributed by atoms with van der Waals surface area (Å²) in [6.07, 6.45) is 7.67. The van der Waals surface area contributed by atoms with Crippen LogP contribution in [0.15, 0.2) is 120 Å². The second kappa shape index (κ2) is 10.7. The Hall–Kier alpha value is -4.70. The van der Waals surface area contributed by atoms with Crippen LogP contribution in [0.3, 0.4) is 0 Å². The lowest BCUT2D eigenvalue weighted by molar-refractivity contribution is 0.305. The lowest BCUT2D eigenvalue weighted by Gasteiger charge is -2.37. The smallest absolute Gasteiger partial charge is 0.129 e. The van der Waals surface area contributed by atoms with Crippen LogP contribution in [0.2, 0.25) is 0 Å². The molecule has 0 saturated heterocycles. The number of ether oxygens (including phenoxy) is 1. The van der Waals surface area contributed by atoms with Crippen LogP contribution in [0.4, 0.5) is 15.8 Å². The monoisotopic (exact) mass is 538 g/mol. The van der Waals surface area contributed by atoms with Gasteiger partial charge in [0.15, 0.2) is 0 Å². The fourth-order valence-corrected chi connectivity index (χ4v) is 6.27. The largest absolute Gasteiger partial charge is 0.488 e. The minimum absolute atomic E-state index is 0.254. The molecule has 4 heteroatoms. The Morgan fingerprint density at radius 3 is 2.68 bits per heavy atom. The number of hydrogen-bond donors (Lipinski definition) is 1. The summed E-state index contributed by atoms with van der Waals surface area (Å²) in [6, 6.07) is 34.3. The highest BCUT2D eigenvalue weighted by Gasteiger charge is 2.37. The second-order valence-corrected chi connectivity index (χ2v) is 11.0. The zero-order valence-corrected chi connectivity index (χ0v) is 22.9. The fraction of sp³-hybridized carbons (Fsp3) is 0.162. The molecule has 3 atom stereocenters. The van der Waals surface area contributed by atoms with Gasteiger partial charge in [0.05, 0.1) is 11.7 Å². The topological polar surface area (TPSA) is 33.6 Å². The first-order valence-corrected chi connectivity index (χ1v) is 14.2. The van der Waals surface area contributed by atoms with Gasteiger partial charge in [0.25, 0.3) is 0 Å². The van der Waals surface area contributed by atoms with E-state index in [0.29, 0.717) is 17.6 Å². The number of fused-ring (bicyclic) bond motifs is 4. The van der Waals surface area contributed by atoms with Gasteiger partial charge in [0.1, 0.15) is 18.2 Å². The van der Waals surface area contributed by atoms with Gasteiger partial charge < -0.3 is 10.1 Å². The van der Waals surface area contributed by atoms with E-state index in [9.17, 15) is 4.39 Å². The lowest BCUT2D eigenvalue weighted by atomic mass is 9.76. The SMILES string of the molecule is Cc1ccc2c(c1)[C@@H]1C=CC[C@H]1[C@H](c1ccc(N=Cc3c(OCc4cccc(F)c4)ccc4ccccc34)cc1)N2. The number of aliphatic imine (C=N–C) groups is 1. The molecular weight excluding hydrogens is 507 g/mol. The number of allylic oxidation sites excluding steroid dienone is 2. The van der Waals surface area contributed by atoms with Crippen LogP contribution in [-0.4, -0.2) is 6.21 Å². The van der Waals surface area contributed by atoms with Crippen LogP contribution < -0.4 is 10.1 Å². The van der Waals surface area contributed by atoms with Gasteiger partial charge in [-0.3, -0.25) is 4.99 Å². The molecule has 3 nitrogen and oxygen atoms in total. The number of aryl methyl sites for hydroxylation is 1. The number of rotatable bonds is 6. The quantitative estimate of drug-likeness (QED) is 0.173. The molecule has 7 rings (SSSR count).